The average molecular weight is 357 g/mol. The van der Waals surface area contributed by atoms with Crippen molar-refractivity contribution in [1.82, 2.24) is 14.7 Å². The van der Waals surface area contributed by atoms with Gasteiger partial charge in [-0.2, -0.15) is 4.73 Å². The first-order valence-electron chi connectivity index (χ1n) is 8.48. The topological polar surface area (TPSA) is 39.9 Å². The maximum Gasteiger partial charge on any atom is 0.175 e. The van der Waals surface area contributed by atoms with Crippen LogP contribution in [0.15, 0.2) is 67.1 Å². The van der Waals surface area contributed by atoms with E-state index >= 15 is 0 Å². The zero-order chi connectivity index (χ0) is 18.6. The van der Waals surface area contributed by atoms with E-state index in [4.69, 9.17) is 4.84 Å². The standard InChI is InChI=1S/C22H16FN3O/c1-2-3-15-27-26-19-5-4-12-25-21(19)20(16-6-8-18(23)9-7-16)22(26)17-10-13-24-14-11-17/h4-14H,15H2,1H3. The molecule has 132 valence electrons. The van der Waals surface area contributed by atoms with E-state index < -0.39 is 0 Å². The summed E-state index contributed by atoms with van der Waals surface area (Å²) in [5.74, 6) is 5.47. The molecule has 0 fully saturated rings. The van der Waals surface area contributed by atoms with Gasteiger partial charge in [0.1, 0.15) is 16.9 Å². The molecule has 0 aliphatic rings. The van der Waals surface area contributed by atoms with Gasteiger partial charge < -0.3 is 4.84 Å². The number of halogens is 1. The molecule has 0 bridgehead atoms. The van der Waals surface area contributed by atoms with Crippen LogP contribution in [0.5, 0.6) is 0 Å². The summed E-state index contributed by atoms with van der Waals surface area (Å²) in [7, 11) is 0. The molecule has 0 atom stereocenters. The number of aromatic nitrogens is 3. The van der Waals surface area contributed by atoms with Gasteiger partial charge >= 0.3 is 0 Å². The van der Waals surface area contributed by atoms with Crippen molar-refractivity contribution in [3.05, 3.63) is 72.9 Å². The predicted molar refractivity (Wildman–Crippen MR) is 103 cm³/mol. The van der Waals surface area contributed by atoms with E-state index in [2.05, 4.69) is 21.8 Å². The van der Waals surface area contributed by atoms with Gasteiger partial charge in [-0.05, 0) is 48.9 Å². The van der Waals surface area contributed by atoms with E-state index in [9.17, 15) is 4.39 Å². The zero-order valence-electron chi connectivity index (χ0n) is 14.7. The van der Waals surface area contributed by atoms with Crippen LogP contribution in [0.4, 0.5) is 4.39 Å². The molecule has 4 rings (SSSR count). The van der Waals surface area contributed by atoms with Crippen LogP contribution in [0.3, 0.4) is 0 Å². The molecule has 4 nitrogen and oxygen atoms in total. The van der Waals surface area contributed by atoms with E-state index in [1.54, 1.807) is 42.4 Å². The Kier molecular flexibility index (Phi) is 4.54. The van der Waals surface area contributed by atoms with Crippen LogP contribution >= 0.6 is 0 Å². The number of hydrogen-bond acceptors (Lipinski definition) is 3. The predicted octanol–water partition coefficient (Wildman–Crippen LogP) is 4.36. The largest absolute Gasteiger partial charge is 0.400 e. The molecule has 0 N–H and O–H groups in total. The molecule has 0 spiro atoms. The van der Waals surface area contributed by atoms with E-state index in [0.717, 1.165) is 33.4 Å². The Morgan fingerprint density at radius 3 is 2.52 bits per heavy atom. The Hall–Kier alpha value is -3.65. The summed E-state index contributed by atoms with van der Waals surface area (Å²) in [6.07, 6.45) is 5.19. The minimum absolute atomic E-state index is 0.246. The molecule has 3 aromatic heterocycles. The van der Waals surface area contributed by atoms with Crippen LogP contribution < -0.4 is 4.84 Å². The van der Waals surface area contributed by atoms with E-state index in [0.29, 0.717) is 0 Å². The minimum Gasteiger partial charge on any atom is -0.400 e. The summed E-state index contributed by atoms with van der Waals surface area (Å²) in [6.45, 7) is 2.02. The number of nitrogens with zero attached hydrogens (tertiary/aromatic N) is 3. The Labute approximate surface area is 156 Å². The van der Waals surface area contributed by atoms with Crippen molar-refractivity contribution in [2.45, 2.75) is 6.92 Å². The molecular weight excluding hydrogens is 341 g/mol. The lowest BCUT2D eigenvalue weighted by atomic mass is 10.0. The Morgan fingerprint density at radius 2 is 1.78 bits per heavy atom. The molecule has 0 aliphatic carbocycles. The average Bonchev–Trinajstić information content (AvgIpc) is 3.04. The molecule has 0 aliphatic heterocycles. The molecule has 0 saturated carbocycles. The highest BCUT2D eigenvalue weighted by Crippen LogP contribution is 2.39. The molecule has 27 heavy (non-hydrogen) atoms. The molecule has 0 saturated heterocycles. The lowest BCUT2D eigenvalue weighted by Crippen LogP contribution is -2.13. The monoisotopic (exact) mass is 357 g/mol. The summed E-state index contributed by atoms with van der Waals surface area (Å²) in [5.41, 5.74) is 5.08. The quantitative estimate of drug-likeness (QED) is 0.510. The van der Waals surface area contributed by atoms with Gasteiger partial charge in [-0.3, -0.25) is 9.97 Å². The highest BCUT2D eigenvalue weighted by Gasteiger charge is 2.22. The summed E-state index contributed by atoms with van der Waals surface area (Å²) in [6, 6.07) is 14.0. The third-order valence-electron chi connectivity index (χ3n) is 4.21. The van der Waals surface area contributed by atoms with Gasteiger partial charge in [0.15, 0.2) is 6.61 Å². The molecule has 0 unspecified atom stereocenters. The Morgan fingerprint density at radius 1 is 1.00 bits per heavy atom. The number of hydrogen-bond donors (Lipinski definition) is 0. The molecule has 3 heterocycles. The first kappa shape index (κ1) is 16.8. The fraction of sp³-hybridized carbons (Fsp3) is 0.0909. The summed E-state index contributed by atoms with van der Waals surface area (Å²) in [5, 5.41) is 0. The third-order valence-corrected chi connectivity index (χ3v) is 4.21. The fourth-order valence-electron chi connectivity index (χ4n) is 3.05. The number of pyridine rings is 2. The van der Waals surface area contributed by atoms with Crippen molar-refractivity contribution >= 4 is 11.0 Å². The van der Waals surface area contributed by atoms with Crippen molar-refractivity contribution in [2.24, 2.45) is 0 Å². The van der Waals surface area contributed by atoms with Crippen LogP contribution in [0.2, 0.25) is 0 Å². The van der Waals surface area contributed by atoms with E-state index in [1.807, 2.05) is 24.3 Å². The molecular formula is C22H16FN3O. The number of rotatable bonds is 4. The van der Waals surface area contributed by atoms with E-state index in [1.165, 1.54) is 12.1 Å². The van der Waals surface area contributed by atoms with Crippen LogP contribution in [0.25, 0.3) is 33.4 Å². The second kappa shape index (κ2) is 7.30. The summed E-state index contributed by atoms with van der Waals surface area (Å²) >= 11 is 0. The maximum atomic E-state index is 13.5. The fourth-order valence-corrected chi connectivity index (χ4v) is 3.05. The van der Waals surface area contributed by atoms with Gasteiger partial charge in [0, 0.05) is 29.7 Å². The smallest absolute Gasteiger partial charge is 0.175 e. The molecule has 5 heteroatoms. The van der Waals surface area contributed by atoms with Crippen LogP contribution in [-0.4, -0.2) is 21.3 Å². The number of benzene rings is 1. The SMILES string of the molecule is CC#CCOn1c(-c2ccncc2)c(-c2ccc(F)cc2)c2ncccc21. The summed E-state index contributed by atoms with van der Waals surface area (Å²) in [4.78, 5) is 14.7. The summed E-state index contributed by atoms with van der Waals surface area (Å²) < 4.78 is 15.2. The van der Waals surface area contributed by atoms with Gasteiger partial charge in [0.05, 0.1) is 5.69 Å². The number of fused-ring (bicyclic) bond motifs is 1. The second-order valence-corrected chi connectivity index (χ2v) is 5.83. The maximum absolute atomic E-state index is 13.5. The highest BCUT2D eigenvalue weighted by molar-refractivity contribution is 6.01. The Bertz CT molecular complexity index is 1140. The van der Waals surface area contributed by atoms with Gasteiger partial charge in [-0.25, -0.2) is 4.39 Å². The minimum atomic E-state index is -0.282. The first-order chi connectivity index (χ1) is 13.3. The third kappa shape index (κ3) is 3.13. The van der Waals surface area contributed by atoms with Crippen LogP contribution in [-0.2, 0) is 0 Å². The highest BCUT2D eigenvalue weighted by atomic mass is 19.1. The molecule has 4 aromatic rings. The molecule has 0 radical (unpaired) electrons. The van der Waals surface area contributed by atoms with Crippen molar-refractivity contribution in [3.8, 4) is 34.2 Å². The van der Waals surface area contributed by atoms with Crippen molar-refractivity contribution < 1.29 is 9.23 Å². The molecule has 1 aromatic carbocycles. The zero-order valence-corrected chi connectivity index (χ0v) is 14.7. The normalized spacial score (nSPS) is 10.4. The van der Waals surface area contributed by atoms with Gasteiger partial charge in [-0.15, -0.1) is 5.92 Å². The van der Waals surface area contributed by atoms with Crippen molar-refractivity contribution in [1.29, 1.82) is 0 Å². The van der Waals surface area contributed by atoms with Gasteiger partial charge in [0.25, 0.3) is 0 Å². The second-order valence-electron chi connectivity index (χ2n) is 5.83. The van der Waals surface area contributed by atoms with Gasteiger partial charge in [0.2, 0.25) is 0 Å². The Balaban J connectivity index is 2.05. The van der Waals surface area contributed by atoms with Crippen LogP contribution in [0, 0.1) is 17.7 Å². The van der Waals surface area contributed by atoms with Crippen molar-refractivity contribution in [2.75, 3.05) is 6.61 Å². The lowest BCUT2D eigenvalue weighted by Gasteiger charge is -2.12. The first-order valence-corrected chi connectivity index (χ1v) is 8.48. The molecule has 0 amide bonds. The van der Waals surface area contributed by atoms with Gasteiger partial charge in [-0.1, -0.05) is 18.1 Å². The lowest BCUT2D eigenvalue weighted by molar-refractivity contribution is 0.154. The van der Waals surface area contributed by atoms with Crippen LogP contribution in [0.1, 0.15) is 6.92 Å². The van der Waals surface area contributed by atoms with E-state index in [-0.39, 0.29) is 12.4 Å². The van der Waals surface area contributed by atoms with Crippen molar-refractivity contribution in [3.63, 3.8) is 0 Å².